The quantitative estimate of drug-likeness (QED) is 0.297. The molecule has 3 aromatic rings. The standard InChI is InChI=1S/C23H20N4O3.ClH/c1-14(24)15-7-9-17(10-8-15)25-22(16-5-3-2-4-6-16)21-19-13-18(27(29)30)11-12-20(19)26-23(21)28;/h2-14,25H,24H2,1H3,(H,26,28);1H/t14-;/m1./s1. The van der Waals surface area contributed by atoms with Crippen LogP contribution in [0.1, 0.15) is 29.7 Å². The number of rotatable bonds is 5. The van der Waals surface area contributed by atoms with Crippen molar-refractivity contribution in [1.29, 1.82) is 0 Å². The first-order valence-corrected chi connectivity index (χ1v) is 9.46. The van der Waals surface area contributed by atoms with E-state index in [2.05, 4.69) is 10.6 Å². The molecule has 1 heterocycles. The van der Waals surface area contributed by atoms with Crippen molar-refractivity contribution in [2.75, 3.05) is 10.6 Å². The molecular formula is C23H21ClN4O3. The van der Waals surface area contributed by atoms with Crippen molar-refractivity contribution in [1.82, 2.24) is 0 Å². The maximum Gasteiger partial charge on any atom is 0.270 e. The van der Waals surface area contributed by atoms with Crippen molar-refractivity contribution < 1.29 is 9.72 Å². The number of nitro groups is 1. The molecule has 7 nitrogen and oxygen atoms in total. The average Bonchev–Trinajstić information content (AvgIpc) is 3.07. The number of non-ortho nitro benzene ring substituents is 1. The molecule has 0 fully saturated rings. The minimum Gasteiger partial charge on any atom is -0.354 e. The molecule has 0 saturated carbocycles. The Balaban J connectivity index is 0.00000272. The van der Waals surface area contributed by atoms with E-state index in [1.807, 2.05) is 61.5 Å². The van der Waals surface area contributed by atoms with Crippen LogP contribution >= 0.6 is 12.4 Å². The highest BCUT2D eigenvalue weighted by Gasteiger charge is 2.30. The van der Waals surface area contributed by atoms with Crippen molar-refractivity contribution in [2.24, 2.45) is 5.73 Å². The third kappa shape index (κ3) is 4.42. The predicted octanol–water partition coefficient (Wildman–Crippen LogP) is 4.97. The fourth-order valence-electron chi connectivity index (χ4n) is 3.42. The van der Waals surface area contributed by atoms with Crippen molar-refractivity contribution in [3.05, 3.63) is 99.6 Å². The minimum absolute atomic E-state index is 0. The van der Waals surface area contributed by atoms with Crippen molar-refractivity contribution in [3.63, 3.8) is 0 Å². The van der Waals surface area contributed by atoms with Gasteiger partial charge < -0.3 is 16.4 Å². The Morgan fingerprint density at radius 1 is 1.06 bits per heavy atom. The van der Waals surface area contributed by atoms with E-state index in [-0.39, 0.29) is 30.0 Å². The molecule has 0 bridgehead atoms. The first kappa shape index (κ1) is 22.0. The molecule has 158 valence electrons. The average molecular weight is 437 g/mol. The highest BCUT2D eigenvalue weighted by molar-refractivity contribution is 6.37. The second-order valence-electron chi connectivity index (χ2n) is 7.09. The van der Waals surface area contributed by atoms with E-state index in [0.29, 0.717) is 22.5 Å². The van der Waals surface area contributed by atoms with Gasteiger partial charge in [-0.25, -0.2) is 0 Å². The van der Waals surface area contributed by atoms with Gasteiger partial charge in [0, 0.05) is 35.1 Å². The topological polar surface area (TPSA) is 110 Å². The smallest absolute Gasteiger partial charge is 0.270 e. The number of nitrogens with two attached hydrogens (primary N) is 1. The number of nitro benzene ring substituents is 1. The number of halogens is 1. The van der Waals surface area contributed by atoms with Gasteiger partial charge in [0.2, 0.25) is 0 Å². The van der Waals surface area contributed by atoms with Gasteiger partial charge in [0.05, 0.1) is 16.2 Å². The molecular weight excluding hydrogens is 416 g/mol. The summed E-state index contributed by atoms with van der Waals surface area (Å²) in [5.74, 6) is -0.316. The minimum atomic E-state index is -0.469. The zero-order valence-electron chi connectivity index (χ0n) is 16.7. The number of anilines is 2. The molecule has 0 unspecified atom stereocenters. The van der Waals surface area contributed by atoms with Crippen LogP contribution in [0.3, 0.4) is 0 Å². The number of amides is 1. The summed E-state index contributed by atoms with van der Waals surface area (Å²) in [6, 6.07) is 21.3. The van der Waals surface area contributed by atoms with Gasteiger partial charge in [0.15, 0.2) is 0 Å². The number of nitrogens with zero attached hydrogens (tertiary/aromatic N) is 1. The molecule has 0 radical (unpaired) electrons. The summed E-state index contributed by atoms with van der Waals surface area (Å²) in [5.41, 5.74) is 10.4. The third-order valence-corrected chi connectivity index (χ3v) is 4.98. The summed E-state index contributed by atoms with van der Waals surface area (Å²) >= 11 is 0. The van der Waals surface area contributed by atoms with Gasteiger partial charge in [-0.2, -0.15) is 0 Å². The highest BCUT2D eigenvalue weighted by atomic mass is 35.5. The van der Waals surface area contributed by atoms with Crippen LogP contribution in [0.4, 0.5) is 17.1 Å². The van der Waals surface area contributed by atoms with Crippen LogP contribution in [-0.4, -0.2) is 10.8 Å². The summed E-state index contributed by atoms with van der Waals surface area (Å²) in [6.07, 6.45) is 0. The number of benzene rings is 3. The molecule has 4 rings (SSSR count). The summed E-state index contributed by atoms with van der Waals surface area (Å²) in [7, 11) is 0. The highest BCUT2D eigenvalue weighted by Crippen LogP contribution is 2.39. The monoisotopic (exact) mass is 436 g/mol. The number of nitrogens with one attached hydrogen (secondary N) is 2. The fraction of sp³-hybridized carbons (Fsp3) is 0.0870. The largest absolute Gasteiger partial charge is 0.354 e. The predicted molar refractivity (Wildman–Crippen MR) is 125 cm³/mol. The van der Waals surface area contributed by atoms with E-state index in [9.17, 15) is 14.9 Å². The number of hydrogen-bond acceptors (Lipinski definition) is 5. The van der Waals surface area contributed by atoms with Crippen LogP contribution in [0.15, 0.2) is 72.8 Å². The second kappa shape index (κ2) is 8.99. The maximum absolute atomic E-state index is 12.9. The molecule has 0 saturated heterocycles. The van der Waals surface area contributed by atoms with Gasteiger partial charge in [0.25, 0.3) is 11.6 Å². The summed E-state index contributed by atoms with van der Waals surface area (Å²) in [5, 5.41) is 17.4. The molecule has 31 heavy (non-hydrogen) atoms. The van der Waals surface area contributed by atoms with E-state index in [4.69, 9.17) is 5.73 Å². The summed E-state index contributed by atoms with van der Waals surface area (Å²) in [6.45, 7) is 1.91. The van der Waals surface area contributed by atoms with Crippen LogP contribution in [-0.2, 0) is 4.79 Å². The Hall–Kier alpha value is -3.68. The van der Waals surface area contributed by atoms with Crippen LogP contribution in [0.5, 0.6) is 0 Å². The lowest BCUT2D eigenvalue weighted by Crippen LogP contribution is -2.10. The Labute approximate surface area is 185 Å². The van der Waals surface area contributed by atoms with Crippen LogP contribution < -0.4 is 16.4 Å². The van der Waals surface area contributed by atoms with Gasteiger partial charge in [-0.3, -0.25) is 14.9 Å². The lowest BCUT2D eigenvalue weighted by Gasteiger charge is -2.15. The Morgan fingerprint density at radius 3 is 2.35 bits per heavy atom. The van der Waals surface area contributed by atoms with Gasteiger partial charge in [-0.1, -0.05) is 42.5 Å². The zero-order valence-corrected chi connectivity index (χ0v) is 17.5. The molecule has 1 atom stereocenters. The normalized spacial score (nSPS) is 14.7. The Morgan fingerprint density at radius 2 is 1.74 bits per heavy atom. The van der Waals surface area contributed by atoms with Crippen molar-refractivity contribution in [2.45, 2.75) is 13.0 Å². The van der Waals surface area contributed by atoms with Gasteiger partial charge >= 0.3 is 0 Å². The van der Waals surface area contributed by atoms with Crippen LogP contribution in [0, 0.1) is 10.1 Å². The molecule has 0 spiro atoms. The SMILES string of the molecule is C[C@@H](N)c1ccc(NC(=C2C(=O)Nc3ccc([N+](=O)[O-])cc32)c2ccccc2)cc1.Cl. The number of carbonyl (C=O) groups excluding carboxylic acids is 1. The molecule has 0 aromatic heterocycles. The second-order valence-corrected chi connectivity index (χ2v) is 7.09. The first-order valence-electron chi connectivity index (χ1n) is 9.46. The van der Waals surface area contributed by atoms with E-state index in [1.165, 1.54) is 12.1 Å². The van der Waals surface area contributed by atoms with E-state index >= 15 is 0 Å². The number of hydrogen-bond donors (Lipinski definition) is 3. The summed E-state index contributed by atoms with van der Waals surface area (Å²) < 4.78 is 0. The zero-order chi connectivity index (χ0) is 21.3. The summed E-state index contributed by atoms with van der Waals surface area (Å²) in [4.78, 5) is 23.7. The molecule has 3 aromatic carbocycles. The lowest BCUT2D eigenvalue weighted by molar-refractivity contribution is -0.384. The lowest BCUT2D eigenvalue weighted by atomic mass is 9.99. The van der Waals surface area contributed by atoms with Gasteiger partial charge in [0.1, 0.15) is 0 Å². The molecule has 8 heteroatoms. The first-order chi connectivity index (χ1) is 14.4. The van der Waals surface area contributed by atoms with E-state index in [1.54, 1.807) is 6.07 Å². The molecule has 0 aliphatic carbocycles. The molecule has 4 N–H and O–H groups in total. The fourth-order valence-corrected chi connectivity index (χ4v) is 3.42. The molecule has 1 amide bonds. The van der Waals surface area contributed by atoms with Gasteiger partial charge in [-0.05, 0) is 36.2 Å². The van der Waals surface area contributed by atoms with E-state index < -0.39 is 4.92 Å². The van der Waals surface area contributed by atoms with Crippen molar-refractivity contribution >= 4 is 46.6 Å². The van der Waals surface area contributed by atoms with Crippen LogP contribution in [0.25, 0.3) is 11.3 Å². The molecule has 1 aliphatic rings. The Bertz CT molecular complexity index is 1160. The number of fused-ring (bicyclic) bond motifs is 1. The third-order valence-electron chi connectivity index (χ3n) is 4.98. The molecule has 1 aliphatic heterocycles. The van der Waals surface area contributed by atoms with Crippen molar-refractivity contribution in [3.8, 4) is 0 Å². The number of carbonyl (C=O) groups is 1. The van der Waals surface area contributed by atoms with Crippen LogP contribution in [0.2, 0.25) is 0 Å². The van der Waals surface area contributed by atoms with Gasteiger partial charge in [-0.15, -0.1) is 12.4 Å². The Kier molecular flexibility index (Phi) is 6.39. The van der Waals surface area contributed by atoms with E-state index in [0.717, 1.165) is 16.8 Å². The maximum atomic E-state index is 12.9.